The molecule has 2 saturated heterocycles. The average molecular weight is 373 g/mol. The summed E-state index contributed by atoms with van der Waals surface area (Å²) in [6, 6.07) is 3.80. The fourth-order valence-electron chi connectivity index (χ4n) is 3.76. The zero-order chi connectivity index (χ0) is 20.1. The summed E-state index contributed by atoms with van der Waals surface area (Å²) < 4.78 is 0. The molecule has 0 radical (unpaired) electrons. The summed E-state index contributed by atoms with van der Waals surface area (Å²) in [5.74, 6) is -0.0911. The minimum Gasteiger partial charge on any atom is -0.507 e. The lowest BCUT2D eigenvalue weighted by atomic mass is 9.78. The van der Waals surface area contributed by atoms with E-state index in [-0.39, 0.29) is 34.6 Å². The quantitative estimate of drug-likeness (QED) is 0.795. The van der Waals surface area contributed by atoms with E-state index in [1.807, 2.05) is 32.9 Å². The Labute approximate surface area is 161 Å². The molecule has 1 aromatic rings. The molecule has 0 spiro atoms. The number of rotatable bonds is 1. The van der Waals surface area contributed by atoms with Gasteiger partial charge in [-0.15, -0.1) is 0 Å². The van der Waals surface area contributed by atoms with Gasteiger partial charge in [0.2, 0.25) is 0 Å². The Hall–Kier alpha value is -2.24. The van der Waals surface area contributed by atoms with Crippen LogP contribution in [0.2, 0.25) is 0 Å². The normalized spacial score (nSPS) is 20.5. The van der Waals surface area contributed by atoms with E-state index in [0.717, 1.165) is 11.1 Å². The summed E-state index contributed by atoms with van der Waals surface area (Å²) >= 11 is 0. The van der Waals surface area contributed by atoms with Crippen LogP contribution in [0, 0.1) is 0 Å². The molecule has 2 heterocycles. The van der Waals surface area contributed by atoms with Crippen molar-refractivity contribution >= 4 is 11.9 Å². The summed E-state index contributed by atoms with van der Waals surface area (Å²) in [7, 11) is 0. The summed E-state index contributed by atoms with van der Waals surface area (Å²) in [5.41, 5.74) is 1.77. The van der Waals surface area contributed by atoms with E-state index in [1.54, 1.807) is 9.80 Å². The Morgan fingerprint density at radius 2 is 1.78 bits per heavy atom. The number of phenols is 1. The first-order valence-corrected chi connectivity index (χ1v) is 9.61. The second-order valence-corrected chi connectivity index (χ2v) is 9.70. The van der Waals surface area contributed by atoms with E-state index in [0.29, 0.717) is 31.7 Å². The van der Waals surface area contributed by atoms with Crippen molar-refractivity contribution in [3.63, 3.8) is 0 Å². The third-order valence-electron chi connectivity index (χ3n) is 5.53. The van der Waals surface area contributed by atoms with Crippen LogP contribution in [0.1, 0.15) is 63.0 Å². The van der Waals surface area contributed by atoms with Crippen molar-refractivity contribution in [3.05, 3.63) is 28.8 Å². The van der Waals surface area contributed by atoms with Crippen LogP contribution < -0.4 is 5.32 Å². The number of hydrogen-bond acceptors (Lipinski definition) is 3. The lowest BCUT2D eigenvalue weighted by molar-refractivity contribution is 0.0613. The molecule has 0 saturated carbocycles. The molecule has 148 valence electrons. The molecule has 1 aromatic carbocycles. The Bertz CT molecular complexity index is 774. The van der Waals surface area contributed by atoms with E-state index in [4.69, 9.17) is 0 Å². The summed E-state index contributed by atoms with van der Waals surface area (Å²) in [6.45, 7) is 14.5. The smallest absolute Gasteiger partial charge is 0.317 e. The van der Waals surface area contributed by atoms with Crippen molar-refractivity contribution in [3.8, 4) is 5.75 Å². The number of nitrogens with one attached hydrogen (secondary N) is 1. The number of fused-ring (bicyclic) bond motifs is 1. The number of amides is 3. The highest BCUT2D eigenvalue weighted by Crippen LogP contribution is 2.38. The molecule has 1 atom stereocenters. The van der Waals surface area contributed by atoms with Crippen LogP contribution in [0.3, 0.4) is 0 Å². The molecule has 2 aliphatic rings. The van der Waals surface area contributed by atoms with Crippen molar-refractivity contribution in [2.24, 2.45) is 0 Å². The Kier molecular flexibility index (Phi) is 4.65. The molecular formula is C21H31N3O3. The van der Waals surface area contributed by atoms with Crippen LogP contribution in [0.25, 0.3) is 0 Å². The molecule has 0 aliphatic carbocycles. The molecule has 27 heavy (non-hydrogen) atoms. The van der Waals surface area contributed by atoms with E-state index in [2.05, 4.69) is 26.1 Å². The van der Waals surface area contributed by atoms with E-state index in [1.165, 1.54) is 0 Å². The highest BCUT2D eigenvalue weighted by atomic mass is 16.3. The highest BCUT2D eigenvalue weighted by Gasteiger charge is 2.38. The standard InChI is InChI=1S/C21H31N3O3/c1-20(2,3)13-9-15(17(25)16(10-13)21(4,5)6)18(26)23-7-8-24-14(12-23)11-22-19(24)27/h9-10,14,25H,7-8,11-12H2,1-6H3,(H,22,27)/t14-/m1/s1. The lowest BCUT2D eigenvalue weighted by Gasteiger charge is -2.37. The maximum atomic E-state index is 13.3. The molecule has 3 amide bonds. The monoisotopic (exact) mass is 373 g/mol. The van der Waals surface area contributed by atoms with E-state index < -0.39 is 0 Å². The Morgan fingerprint density at radius 3 is 2.37 bits per heavy atom. The number of benzene rings is 1. The van der Waals surface area contributed by atoms with Gasteiger partial charge in [-0.1, -0.05) is 47.6 Å². The Balaban J connectivity index is 1.98. The summed E-state index contributed by atoms with van der Waals surface area (Å²) in [6.07, 6.45) is 0. The zero-order valence-corrected chi connectivity index (χ0v) is 17.2. The van der Waals surface area contributed by atoms with Gasteiger partial charge in [-0.2, -0.15) is 0 Å². The molecule has 0 bridgehead atoms. The van der Waals surface area contributed by atoms with Crippen LogP contribution >= 0.6 is 0 Å². The number of phenolic OH excluding ortho intramolecular Hbond substituents is 1. The fourth-order valence-corrected chi connectivity index (χ4v) is 3.76. The minimum atomic E-state index is -0.277. The van der Waals surface area contributed by atoms with Gasteiger partial charge >= 0.3 is 6.03 Å². The average Bonchev–Trinajstić information content (AvgIpc) is 2.93. The molecule has 3 rings (SSSR count). The summed E-state index contributed by atoms with van der Waals surface area (Å²) in [4.78, 5) is 28.6. The SMILES string of the molecule is CC(C)(C)c1cc(C(=O)N2CCN3C(=O)NC[C@@H]3C2)c(O)c(C(C)(C)C)c1. The van der Waals surface area contributed by atoms with Gasteiger partial charge in [0.1, 0.15) is 5.75 Å². The number of carbonyl (C=O) groups is 2. The highest BCUT2D eigenvalue weighted by molar-refractivity contribution is 5.98. The molecule has 6 heteroatoms. The predicted octanol–water partition coefficient (Wildman–Crippen LogP) is 2.84. The van der Waals surface area contributed by atoms with Crippen LogP contribution in [-0.4, -0.2) is 59.1 Å². The number of nitrogens with zero attached hydrogens (tertiary/aromatic N) is 2. The largest absolute Gasteiger partial charge is 0.507 e. The predicted molar refractivity (Wildman–Crippen MR) is 105 cm³/mol. The molecule has 2 aliphatic heterocycles. The van der Waals surface area contributed by atoms with Gasteiger partial charge < -0.3 is 20.2 Å². The van der Waals surface area contributed by atoms with Gasteiger partial charge in [0.15, 0.2) is 0 Å². The lowest BCUT2D eigenvalue weighted by Crippen LogP contribution is -2.53. The number of aromatic hydroxyl groups is 1. The van der Waals surface area contributed by atoms with Crippen LogP contribution in [0.15, 0.2) is 12.1 Å². The van der Waals surface area contributed by atoms with Gasteiger partial charge in [0, 0.05) is 31.7 Å². The van der Waals surface area contributed by atoms with Crippen molar-refractivity contribution in [1.29, 1.82) is 0 Å². The van der Waals surface area contributed by atoms with Crippen molar-refractivity contribution in [2.75, 3.05) is 26.2 Å². The second-order valence-electron chi connectivity index (χ2n) is 9.70. The van der Waals surface area contributed by atoms with Crippen molar-refractivity contribution in [1.82, 2.24) is 15.1 Å². The van der Waals surface area contributed by atoms with Crippen molar-refractivity contribution in [2.45, 2.75) is 58.4 Å². The molecule has 0 unspecified atom stereocenters. The number of piperazine rings is 1. The van der Waals surface area contributed by atoms with Gasteiger partial charge in [0.25, 0.3) is 5.91 Å². The molecule has 2 N–H and O–H groups in total. The maximum absolute atomic E-state index is 13.3. The fraction of sp³-hybridized carbons (Fsp3) is 0.619. The topological polar surface area (TPSA) is 72.9 Å². The zero-order valence-electron chi connectivity index (χ0n) is 17.2. The van der Waals surface area contributed by atoms with E-state index >= 15 is 0 Å². The third-order valence-corrected chi connectivity index (χ3v) is 5.53. The van der Waals surface area contributed by atoms with Crippen LogP contribution in [-0.2, 0) is 10.8 Å². The van der Waals surface area contributed by atoms with Gasteiger partial charge in [-0.05, 0) is 22.5 Å². The van der Waals surface area contributed by atoms with Crippen molar-refractivity contribution < 1.29 is 14.7 Å². The first-order valence-electron chi connectivity index (χ1n) is 9.61. The molecule has 0 aromatic heterocycles. The van der Waals surface area contributed by atoms with Gasteiger partial charge in [-0.25, -0.2) is 4.79 Å². The summed E-state index contributed by atoms with van der Waals surface area (Å²) in [5, 5.41) is 13.8. The van der Waals surface area contributed by atoms with Gasteiger partial charge in [-0.3, -0.25) is 4.79 Å². The first kappa shape index (κ1) is 19.5. The second kappa shape index (κ2) is 6.43. The number of hydrogen-bond donors (Lipinski definition) is 2. The third kappa shape index (κ3) is 3.62. The van der Waals surface area contributed by atoms with Gasteiger partial charge in [0.05, 0.1) is 11.6 Å². The molecule has 6 nitrogen and oxygen atoms in total. The Morgan fingerprint density at radius 1 is 1.11 bits per heavy atom. The van der Waals surface area contributed by atoms with Crippen LogP contribution in [0.5, 0.6) is 5.75 Å². The number of urea groups is 1. The minimum absolute atomic E-state index is 0.00484. The van der Waals surface area contributed by atoms with E-state index in [9.17, 15) is 14.7 Å². The number of carbonyl (C=O) groups excluding carboxylic acids is 2. The van der Waals surface area contributed by atoms with Crippen LogP contribution in [0.4, 0.5) is 4.79 Å². The molecule has 2 fully saturated rings. The molecular weight excluding hydrogens is 342 g/mol. The first-order chi connectivity index (χ1) is 12.4. The maximum Gasteiger partial charge on any atom is 0.317 e.